The largest absolute Gasteiger partial charge is 0.379 e. The van der Waals surface area contributed by atoms with E-state index >= 15 is 0 Å². The Kier molecular flexibility index (Phi) is 5.83. The first kappa shape index (κ1) is 18.6. The molecule has 0 bridgehead atoms. The fourth-order valence-corrected chi connectivity index (χ4v) is 4.15. The molecule has 27 heavy (non-hydrogen) atoms. The van der Waals surface area contributed by atoms with Crippen LogP contribution in [0.25, 0.3) is 16.2 Å². The van der Waals surface area contributed by atoms with Gasteiger partial charge in [0.2, 0.25) is 0 Å². The van der Waals surface area contributed by atoms with Gasteiger partial charge in [-0.05, 0) is 44.2 Å². The summed E-state index contributed by atoms with van der Waals surface area (Å²) in [5.74, 6) is -0.226. The van der Waals surface area contributed by atoms with Crippen LogP contribution in [0.15, 0.2) is 35.8 Å². The van der Waals surface area contributed by atoms with Gasteiger partial charge in [0.05, 0.1) is 24.6 Å². The predicted octanol–water partition coefficient (Wildman–Crippen LogP) is 3.40. The van der Waals surface area contributed by atoms with Gasteiger partial charge in [0, 0.05) is 42.8 Å². The van der Waals surface area contributed by atoms with Crippen LogP contribution in [-0.2, 0) is 11.3 Å². The molecule has 0 spiro atoms. The van der Waals surface area contributed by atoms with E-state index < -0.39 is 0 Å². The van der Waals surface area contributed by atoms with Crippen LogP contribution in [0, 0.1) is 5.82 Å². The van der Waals surface area contributed by atoms with Gasteiger partial charge in [-0.2, -0.15) is 0 Å². The van der Waals surface area contributed by atoms with Gasteiger partial charge in [0.15, 0.2) is 4.96 Å². The maximum absolute atomic E-state index is 13.3. The van der Waals surface area contributed by atoms with Crippen molar-refractivity contribution in [3.63, 3.8) is 0 Å². The molecule has 1 atom stereocenters. The summed E-state index contributed by atoms with van der Waals surface area (Å²) in [5, 5.41) is 5.68. The number of rotatable bonds is 7. The zero-order valence-electron chi connectivity index (χ0n) is 15.5. The Balaban J connectivity index is 1.43. The Bertz CT molecular complexity index is 870. The molecule has 0 radical (unpaired) electrons. The number of hydrogen-bond donors (Lipinski definition) is 1. The van der Waals surface area contributed by atoms with E-state index in [4.69, 9.17) is 9.72 Å². The Morgan fingerprint density at radius 3 is 2.81 bits per heavy atom. The average Bonchev–Trinajstić information content (AvgIpc) is 3.28. The minimum atomic E-state index is -0.226. The normalized spacial score (nSPS) is 16.8. The molecule has 1 aromatic carbocycles. The third-order valence-electron chi connectivity index (χ3n) is 5.08. The van der Waals surface area contributed by atoms with Gasteiger partial charge in [0.25, 0.3) is 0 Å². The fraction of sp³-hybridized carbons (Fsp3) is 0.450. The molecule has 1 aliphatic rings. The summed E-state index contributed by atoms with van der Waals surface area (Å²) in [6.45, 7) is 7.78. The smallest absolute Gasteiger partial charge is 0.194 e. The molecule has 0 amide bonds. The maximum atomic E-state index is 13.3. The Labute approximate surface area is 162 Å². The lowest BCUT2D eigenvalue weighted by Gasteiger charge is -2.27. The molecule has 3 aromatic rings. The van der Waals surface area contributed by atoms with Gasteiger partial charge < -0.3 is 10.1 Å². The molecular weight excluding hydrogens is 363 g/mol. The molecule has 0 aliphatic carbocycles. The van der Waals surface area contributed by atoms with E-state index in [1.54, 1.807) is 23.5 Å². The zero-order chi connectivity index (χ0) is 18.6. The minimum absolute atomic E-state index is 0.226. The highest BCUT2D eigenvalue weighted by Crippen LogP contribution is 2.27. The number of hydrogen-bond acceptors (Lipinski definition) is 5. The van der Waals surface area contributed by atoms with E-state index in [2.05, 4.69) is 27.7 Å². The highest BCUT2D eigenvalue weighted by Gasteiger charge is 2.16. The summed E-state index contributed by atoms with van der Waals surface area (Å²) < 4.78 is 20.8. The first-order valence-electron chi connectivity index (χ1n) is 9.44. The molecule has 1 saturated heterocycles. The zero-order valence-corrected chi connectivity index (χ0v) is 16.3. The molecule has 144 valence electrons. The van der Waals surface area contributed by atoms with Crippen molar-refractivity contribution in [1.82, 2.24) is 19.6 Å². The van der Waals surface area contributed by atoms with Crippen LogP contribution in [0.1, 0.15) is 19.0 Å². The van der Waals surface area contributed by atoms with E-state index in [-0.39, 0.29) is 5.82 Å². The van der Waals surface area contributed by atoms with E-state index in [9.17, 15) is 4.39 Å². The third kappa shape index (κ3) is 4.38. The maximum Gasteiger partial charge on any atom is 0.194 e. The average molecular weight is 389 g/mol. The highest BCUT2D eigenvalue weighted by atomic mass is 32.1. The van der Waals surface area contributed by atoms with Crippen molar-refractivity contribution >= 4 is 16.3 Å². The Morgan fingerprint density at radius 2 is 2.04 bits per heavy atom. The molecule has 4 rings (SSSR count). The highest BCUT2D eigenvalue weighted by molar-refractivity contribution is 7.15. The van der Waals surface area contributed by atoms with Crippen molar-refractivity contribution in [2.45, 2.75) is 25.9 Å². The van der Waals surface area contributed by atoms with E-state index in [1.165, 1.54) is 12.1 Å². The molecule has 1 unspecified atom stereocenters. The minimum Gasteiger partial charge on any atom is -0.379 e. The molecule has 3 heterocycles. The number of aromatic nitrogens is 2. The SMILES string of the molecule is CC(CCN1CCOCC1)NCc1c(-c2ccc(F)cc2)nc2sccn12. The van der Waals surface area contributed by atoms with Crippen molar-refractivity contribution in [2.24, 2.45) is 0 Å². The predicted molar refractivity (Wildman–Crippen MR) is 107 cm³/mol. The van der Waals surface area contributed by atoms with Crippen LogP contribution in [0.5, 0.6) is 0 Å². The quantitative estimate of drug-likeness (QED) is 0.674. The second kappa shape index (κ2) is 8.48. The lowest BCUT2D eigenvalue weighted by Crippen LogP contribution is -2.39. The molecule has 0 saturated carbocycles. The second-order valence-electron chi connectivity index (χ2n) is 6.99. The van der Waals surface area contributed by atoms with Crippen molar-refractivity contribution in [3.8, 4) is 11.3 Å². The monoisotopic (exact) mass is 388 g/mol. The van der Waals surface area contributed by atoms with Crippen LogP contribution in [0.2, 0.25) is 0 Å². The number of thiazole rings is 1. The lowest BCUT2D eigenvalue weighted by molar-refractivity contribution is 0.0363. The van der Waals surface area contributed by atoms with Crippen LogP contribution in [0.3, 0.4) is 0 Å². The van der Waals surface area contributed by atoms with Crippen LogP contribution in [-0.4, -0.2) is 53.2 Å². The summed E-state index contributed by atoms with van der Waals surface area (Å²) in [4.78, 5) is 8.19. The number of nitrogens with zero attached hydrogens (tertiary/aromatic N) is 3. The Hall–Kier alpha value is -1.80. The van der Waals surface area contributed by atoms with Gasteiger partial charge in [-0.3, -0.25) is 9.30 Å². The standard InChI is InChI=1S/C20H25FN4OS/c1-15(6-7-24-8-11-26-12-9-24)22-14-18-19(16-2-4-17(21)5-3-16)23-20-25(18)10-13-27-20/h2-5,10,13,15,22H,6-9,11-12,14H2,1H3. The fourth-order valence-electron chi connectivity index (χ4n) is 3.41. The van der Waals surface area contributed by atoms with Gasteiger partial charge in [-0.1, -0.05) is 0 Å². The summed E-state index contributed by atoms with van der Waals surface area (Å²) >= 11 is 1.61. The molecule has 7 heteroatoms. The Morgan fingerprint density at radius 1 is 1.26 bits per heavy atom. The number of morpholine rings is 1. The van der Waals surface area contributed by atoms with Gasteiger partial charge in [-0.25, -0.2) is 9.37 Å². The first-order valence-corrected chi connectivity index (χ1v) is 10.3. The van der Waals surface area contributed by atoms with Gasteiger partial charge in [-0.15, -0.1) is 11.3 Å². The number of halogens is 1. The number of fused-ring (bicyclic) bond motifs is 1. The molecular formula is C20H25FN4OS. The number of ether oxygens (including phenoxy) is 1. The van der Waals surface area contributed by atoms with E-state index in [1.807, 2.05) is 5.38 Å². The molecule has 1 fully saturated rings. The van der Waals surface area contributed by atoms with Crippen LogP contribution < -0.4 is 5.32 Å². The van der Waals surface area contributed by atoms with E-state index in [0.29, 0.717) is 6.04 Å². The summed E-state index contributed by atoms with van der Waals surface area (Å²) in [5.41, 5.74) is 3.00. The van der Waals surface area contributed by atoms with Crippen molar-refractivity contribution in [2.75, 3.05) is 32.8 Å². The van der Waals surface area contributed by atoms with Crippen molar-refractivity contribution < 1.29 is 9.13 Å². The topological polar surface area (TPSA) is 41.8 Å². The van der Waals surface area contributed by atoms with Gasteiger partial charge in [0.1, 0.15) is 5.82 Å². The van der Waals surface area contributed by atoms with E-state index in [0.717, 1.165) is 67.7 Å². The summed E-state index contributed by atoms with van der Waals surface area (Å²) in [7, 11) is 0. The molecule has 5 nitrogen and oxygen atoms in total. The lowest BCUT2D eigenvalue weighted by atomic mass is 10.1. The molecule has 1 aliphatic heterocycles. The second-order valence-corrected chi connectivity index (χ2v) is 7.87. The third-order valence-corrected chi connectivity index (χ3v) is 5.84. The van der Waals surface area contributed by atoms with Crippen molar-refractivity contribution in [3.05, 3.63) is 47.4 Å². The van der Waals surface area contributed by atoms with Gasteiger partial charge >= 0.3 is 0 Å². The van der Waals surface area contributed by atoms with Crippen LogP contribution >= 0.6 is 11.3 Å². The van der Waals surface area contributed by atoms with Crippen molar-refractivity contribution in [1.29, 1.82) is 0 Å². The molecule has 1 N–H and O–H groups in total. The first-order chi connectivity index (χ1) is 13.2. The number of nitrogens with one attached hydrogen (secondary N) is 1. The number of benzene rings is 1. The summed E-state index contributed by atoms with van der Waals surface area (Å²) in [6.07, 6.45) is 3.15. The van der Waals surface area contributed by atoms with Crippen LogP contribution in [0.4, 0.5) is 4.39 Å². The number of imidazole rings is 1. The summed E-state index contributed by atoms with van der Waals surface area (Å²) in [6, 6.07) is 6.98. The molecule has 2 aromatic heterocycles.